The third-order valence-corrected chi connectivity index (χ3v) is 8.02. The van der Waals surface area contributed by atoms with Crippen LogP contribution in [0.2, 0.25) is 0 Å². The summed E-state index contributed by atoms with van der Waals surface area (Å²) in [5.74, 6) is 1.40. The van der Waals surface area contributed by atoms with Gasteiger partial charge in [0.05, 0.1) is 19.5 Å². The minimum absolute atomic E-state index is 0.0159. The number of methoxy groups -OCH3 is 2. The van der Waals surface area contributed by atoms with Crippen molar-refractivity contribution in [2.45, 2.75) is 50.9 Å². The molecule has 1 saturated heterocycles. The van der Waals surface area contributed by atoms with E-state index in [4.69, 9.17) is 14.2 Å². The molecule has 188 valence electrons. The van der Waals surface area contributed by atoms with Crippen LogP contribution in [0.3, 0.4) is 0 Å². The van der Waals surface area contributed by atoms with Gasteiger partial charge in [0, 0.05) is 24.9 Å². The number of ether oxygens (including phenoxy) is 3. The number of para-hydroxylation sites is 1. The van der Waals surface area contributed by atoms with E-state index in [1.54, 1.807) is 49.0 Å². The monoisotopic (exact) mass is 502 g/mol. The van der Waals surface area contributed by atoms with Gasteiger partial charge in [-0.3, -0.25) is 9.29 Å². The lowest BCUT2D eigenvalue weighted by atomic mass is 10.1. The third-order valence-electron chi connectivity index (χ3n) is 6.17. The van der Waals surface area contributed by atoms with Gasteiger partial charge in [-0.2, -0.15) is 0 Å². The molecule has 4 rings (SSSR count). The molecule has 1 N–H and O–H groups in total. The number of nitrogens with zero attached hydrogens (tertiary/aromatic N) is 5. The minimum atomic E-state index is -3.93. The molecule has 3 heterocycles. The second kappa shape index (κ2) is 10.2. The summed E-state index contributed by atoms with van der Waals surface area (Å²) in [6, 6.07) is 5.30. The molecule has 1 aliphatic heterocycles. The molecule has 1 fully saturated rings. The van der Waals surface area contributed by atoms with Crippen LogP contribution < -0.4 is 14.2 Å². The highest BCUT2D eigenvalue weighted by Crippen LogP contribution is 2.39. The van der Waals surface area contributed by atoms with E-state index in [1.807, 2.05) is 6.92 Å². The van der Waals surface area contributed by atoms with Gasteiger partial charge in [0.2, 0.25) is 16.0 Å². The molecule has 35 heavy (non-hydrogen) atoms. The van der Waals surface area contributed by atoms with Crippen LogP contribution in [0, 0.1) is 6.92 Å². The first-order valence-electron chi connectivity index (χ1n) is 11.3. The summed E-state index contributed by atoms with van der Waals surface area (Å²) < 4.78 is 48.2. The van der Waals surface area contributed by atoms with Crippen molar-refractivity contribution < 1.29 is 22.6 Å². The largest absolute Gasteiger partial charge is 0.494 e. The zero-order chi connectivity index (χ0) is 25.2. The highest BCUT2D eigenvalue weighted by atomic mass is 32.2. The molecule has 0 radical (unpaired) electrons. The lowest BCUT2D eigenvalue weighted by molar-refractivity contribution is 0.103. The van der Waals surface area contributed by atoms with Crippen LogP contribution in [0.25, 0.3) is 5.69 Å². The smallest absolute Gasteiger partial charge is 0.243 e. The molecule has 1 aromatic carbocycles. The van der Waals surface area contributed by atoms with Gasteiger partial charge in [0.1, 0.15) is 29.1 Å². The third kappa shape index (κ3) is 4.94. The molecule has 2 aromatic heterocycles. The summed E-state index contributed by atoms with van der Waals surface area (Å²) in [5, 5.41) is 7.65. The van der Waals surface area contributed by atoms with Crippen LogP contribution in [-0.4, -0.2) is 59.2 Å². The quantitative estimate of drug-likeness (QED) is 0.469. The fourth-order valence-electron chi connectivity index (χ4n) is 3.96. The highest BCUT2D eigenvalue weighted by molar-refractivity contribution is 7.93. The Morgan fingerprint density at radius 1 is 1.11 bits per heavy atom. The Bertz CT molecular complexity index is 1250. The number of sulfonamides is 1. The van der Waals surface area contributed by atoms with Crippen LogP contribution in [0.4, 0.5) is 5.95 Å². The maximum absolute atomic E-state index is 13.5. The Morgan fingerprint density at radius 2 is 1.77 bits per heavy atom. The molecule has 3 atom stereocenters. The molecule has 0 aliphatic carbocycles. The summed E-state index contributed by atoms with van der Waals surface area (Å²) in [5.41, 5.74) is 1.38. The van der Waals surface area contributed by atoms with E-state index >= 15 is 0 Å². The Kier molecular flexibility index (Phi) is 7.22. The lowest BCUT2D eigenvalue weighted by Crippen LogP contribution is -2.31. The molecule has 0 spiro atoms. The number of anilines is 1. The Labute approximate surface area is 204 Å². The van der Waals surface area contributed by atoms with E-state index < -0.39 is 21.2 Å². The van der Waals surface area contributed by atoms with Crippen LogP contribution in [0.5, 0.6) is 11.5 Å². The molecule has 1 unspecified atom stereocenters. The zero-order valence-corrected chi connectivity index (χ0v) is 21.2. The van der Waals surface area contributed by atoms with Crippen molar-refractivity contribution >= 4 is 16.0 Å². The first-order chi connectivity index (χ1) is 16.8. The number of nitrogens with one attached hydrogen (secondary N) is 1. The van der Waals surface area contributed by atoms with E-state index in [1.165, 1.54) is 14.2 Å². The standard InChI is InChI=1S/C23H30N6O5S/c1-14-12-24-21(25-13-14)15(2)16(3)35(30,31)28-23-27-26-22(19-10-7-11-34-19)29(23)20-17(32-4)8-6-9-18(20)33-5/h6,8-9,12-13,15-16,19H,7,10-11H2,1-5H3,(H,27,28)/t15-,16-,19?/m1/s1. The van der Waals surface area contributed by atoms with Gasteiger partial charge >= 0.3 is 0 Å². The predicted octanol–water partition coefficient (Wildman–Crippen LogP) is 3.17. The van der Waals surface area contributed by atoms with E-state index in [0.717, 1.165) is 18.4 Å². The van der Waals surface area contributed by atoms with Crippen molar-refractivity contribution in [2.75, 3.05) is 25.5 Å². The average molecular weight is 503 g/mol. The van der Waals surface area contributed by atoms with Crippen LogP contribution in [0.15, 0.2) is 30.6 Å². The van der Waals surface area contributed by atoms with E-state index in [0.29, 0.717) is 35.4 Å². The second-order valence-electron chi connectivity index (χ2n) is 8.49. The van der Waals surface area contributed by atoms with E-state index in [2.05, 4.69) is 24.9 Å². The summed E-state index contributed by atoms with van der Waals surface area (Å²) in [6.45, 7) is 5.86. The number of aromatic nitrogens is 5. The van der Waals surface area contributed by atoms with E-state index in [-0.39, 0.29) is 12.1 Å². The van der Waals surface area contributed by atoms with Gasteiger partial charge in [-0.05, 0) is 44.4 Å². The van der Waals surface area contributed by atoms with Crippen LogP contribution >= 0.6 is 0 Å². The Morgan fingerprint density at radius 3 is 2.34 bits per heavy atom. The lowest BCUT2D eigenvalue weighted by Gasteiger charge is -2.22. The Hall–Kier alpha value is -3.25. The number of hydrogen-bond acceptors (Lipinski definition) is 9. The number of benzene rings is 1. The van der Waals surface area contributed by atoms with Gasteiger partial charge in [0.25, 0.3) is 0 Å². The number of hydrogen-bond donors (Lipinski definition) is 1. The fourth-order valence-corrected chi connectivity index (χ4v) is 5.19. The summed E-state index contributed by atoms with van der Waals surface area (Å²) in [7, 11) is -0.864. The van der Waals surface area contributed by atoms with E-state index in [9.17, 15) is 8.42 Å². The fraction of sp³-hybridized carbons (Fsp3) is 0.478. The summed E-state index contributed by atoms with van der Waals surface area (Å²) >= 11 is 0. The first-order valence-corrected chi connectivity index (χ1v) is 12.9. The Balaban J connectivity index is 1.76. The van der Waals surface area contributed by atoms with Gasteiger partial charge < -0.3 is 14.2 Å². The highest BCUT2D eigenvalue weighted by Gasteiger charge is 2.34. The molecular weight excluding hydrogens is 472 g/mol. The number of aryl methyl sites for hydroxylation is 1. The minimum Gasteiger partial charge on any atom is -0.494 e. The molecule has 1 aliphatic rings. The first kappa shape index (κ1) is 24.9. The summed E-state index contributed by atoms with van der Waals surface area (Å²) in [6.07, 6.45) is 4.61. The van der Waals surface area contributed by atoms with Crippen molar-refractivity contribution in [1.29, 1.82) is 0 Å². The zero-order valence-electron chi connectivity index (χ0n) is 20.4. The van der Waals surface area contributed by atoms with Gasteiger partial charge in [0.15, 0.2) is 5.82 Å². The van der Waals surface area contributed by atoms with Crippen LogP contribution in [0.1, 0.15) is 55.9 Å². The molecular formula is C23H30N6O5S. The predicted molar refractivity (Wildman–Crippen MR) is 130 cm³/mol. The van der Waals surface area contributed by atoms with Gasteiger partial charge in [-0.1, -0.05) is 13.0 Å². The molecule has 0 saturated carbocycles. The molecule has 11 nitrogen and oxygen atoms in total. The normalized spacial score (nSPS) is 17.7. The summed E-state index contributed by atoms with van der Waals surface area (Å²) in [4.78, 5) is 8.60. The second-order valence-corrected chi connectivity index (χ2v) is 10.5. The van der Waals surface area contributed by atoms with Crippen molar-refractivity contribution in [1.82, 2.24) is 24.7 Å². The molecule has 3 aromatic rings. The van der Waals surface area contributed by atoms with Crippen molar-refractivity contribution in [2.24, 2.45) is 0 Å². The van der Waals surface area contributed by atoms with Crippen molar-refractivity contribution in [3.05, 3.63) is 47.8 Å². The molecule has 0 bridgehead atoms. The van der Waals surface area contributed by atoms with Crippen molar-refractivity contribution in [3.63, 3.8) is 0 Å². The average Bonchev–Trinajstić information content (AvgIpc) is 3.52. The van der Waals surface area contributed by atoms with Gasteiger partial charge in [-0.25, -0.2) is 18.4 Å². The molecule has 0 amide bonds. The maximum Gasteiger partial charge on any atom is 0.243 e. The van der Waals surface area contributed by atoms with Gasteiger partial charge in [-0.15, -0.1) is 10.2 Å². The number of rotatable bonds is 9. The molecule has 12 heteroatoms. The van der Waals surface area contributed by atoms with Crippen molar-refractivity contribution in [3.8, 4) is 17.2 Å². The van der Waals surface area contributed by atoms with Crippen LogP contribution in [-0.2, 0) is 14.8 Å². The topological polar surface area (TPSA) is 130 Å². The maximum atomic E-state index is 13.5. The SMILES string of the molecule is COc1cccc(OC)c1-n1c(NS(=O)(=O)[C@H](C)[C@@H](C)c2ncc(C)cn2)nnc1C1CCCO1.